The lowest BCUT2D eigenvalue weighted by Crippen LogP contribution is -2.43. The van der Waals surface area contributed by atoms with Crippen LogP contribution in [0, 0.1) is 5.92 Å². The van der Waals surface area contributed by atoms with E-state index in [1.54, 1.807) is 7.05 Å². The van der Waals surface area contributed by atoms with E-state index in [0.717, 1.165) is 48.0 Å². The van der Waals surface area contributed by atoms with Gasteiger partial charge in [0.1, 0.15) is 0 Å². The van der Waals surface area contributed by atoms with Crippen LogP contribution in [0.4, 0.5) is 0 Å². The SMILES string of the molecule is CNC(=O)C1CCN(C(C(=O)c2c[nH]c3ccccc23)c2ccccc2)CC1. The van der Waals surface area contributed by atoms with Crippen molar-refractivity contribution in [1.29, 1.82) is 0 Å². The Labute approximate surface area is 164 Å². The molecule has 2 heterocycles. The summed E-state index contributed by atoms with van der Waals surface area (Å²) in [5, 5.41) is 3.70. The molecule has 0 saturated carbocycles. The number of amides is 1. The Morgan fingerprint density at radius 1 is 1.04 bits per heavy atom. The summed E-state index contributed by atoms with van der Waals surface area (Å²) < 4.78 is 0. The molecule has 4 rings (SSSR count). The van der Waals surface area contributed by atoms with Crippen LogP contribution in [0.3, 0.4) is 0 Å². The second kappa shape index (κ2) is 7.98. The quantitative estimate of drug-likeness (QED) is 0.670. The molecule has 1 aliphatic heterocycles. The molecule has 2 aromatic carbocycles. The number of piperidine rings is 1. The number of fused-ring (bicyclic) bond motifs is 1. The van der Waals surface area contributed by atoms with Crippen LogP contribution in [0.25, 0.3) is 10.9 Å². The highest BCUT2D eigenvalue weighted by Crippen LogP contribution is 2.32. The lowest BCUT2D eigenvalue weighted by molar-refractivity contribution is -0.126. The molecule has 5 heteroatoms. The van der Waals surface area contributed by atoms with Gasteiger partial charge < -0.3 is 10.3 Å². The van der Waals surface area contributed by atoms with Gasteiger partial charge in [0, 0.05) is 35.6 Å². The molecule has 1 amide bonds. The molecule has 1 aromatic heterocycles. The van der Waals surface area contributed by atoms with Crippen molar-refractivity contribution in [2.75, 3.05) is 20.1 Å². The normalized spacial score (nSPS) is 16.8. The highest BCUT2D eigenvalue weighted by Gasteiger charge is 2.34. The van der Waals surface area contributed by atoms with Gasteiger partial charge >= 0.3 is 0 Å². The monoisotopic (exact) mass is 375 g/mol. The Bertz CT molecular complexity index is 972. The van der Waals surface area contributed by atoms with E-state index in [-0.39, 0.29) is 23.7 Å². The van der Waals surface area contributed by atoms with Crippen LogP contribution < -0.4 is 5.32 Å². The van der Waals surface area contributed by atoms with Crippen molar-refractivity contribution in [3.05, 3.63) is 71.9 Å². The van der Waals surface area contributed by atoms with E-state index in [2.05, 4.69) is 15.2 Å². The second-order valence-corrected chi connectivity index (χ2v) is 7.35. The molecule has 1 atom stereocenters. The van der Waals surface area contributed by atoms with Gasteiger partial charge in [-0.15, -0.1) is 0 Å². The number of nitrogens with one attached hydrogen (secondary N) is 2. The number of para-hydroxylation sites is 1. The summed E-state index contributed by atoms with van der Waals surface area (Å²) in [6, 6.07) is 17.5. The van der Waals surface area contributed by atoms with E-state index in [1.165, 1.54) is 0 Å². The van der Waals surface area contributed by atoms with Crippen LogP contribution in [-0.2, 0) is 4.79 Å². The summed E-state index contributed by atoms with van der Waals surface area (Å²) in [6.45, 7) is 1.46. The van der Waals surface area contributed by atoms with Crippen molar-refractivity contribution in [2.24, 2.45) is 5.92 Å². The number of H-pyrrole nitrogens is 1. The van der Waals surface area contributed by atoms with Crippen molar-refractivity contribution in [2.45, 2.75) is 18.9 Å². The zero-order valence-electron chi connectivity index (χ0n) is 16.0. The molecule has 0 spiro atoms. The molecule has 1 fully saturated rings. The van der Waals surface area contributed by atoms with E-state index in [9.17, 15) is 9.59 Å². The Hall–Kier alpha value is -2.92. The topological polar surface area (TPSA) is 65.2 Å². The molecule has 0 radical (unpaired) electrons. The predicted octanol–water partition coefficient (Wildman–Crippen LogP) is 3.55. The van der Waals surface area contributed by atoms with Gasteiger partial charge in [-0.2, -0.15) is 0 Å². The number of Topliss-reactive ketones (excluding diaryl/α,β-unsaturated/α-hetero) is 1. The van der Waals surface area contributed by atoms with Crippen LogP contribution in [0.1, 0.15) is 34.8 Å². The largest absolute Gasteiger partial charge is 0.360 e. The van der Waals surface area contributed by atoms with Crippen LogP contribution >= 0.6 is 0 Å². The third kappa shape index (κ3) is 3.45. The van der Waals surface area contributed by atoms with Crippen molar-refractivity contribution in [3.8, 4) is 0 Å². The number of ketones is 1. The summed E-state index contributed by atoms with van der Waals surface area (Å²) >= 11 is 0. The second-order valence-electron chi connectivity index (χ2n) is 7.35. The van der Waals surface area contributed by atoms with Crippen LogP contribution in [0.5, 0.6) is 0 Å². The van der Waals surface area contributed by atoms with E-state index in [0.29, 0.717) is 0 Å². The van der Waals surface area contributed by atoms with Gasteiger partial charge in [-0.3, -0.25) is 14.5 Å². The molecule has 0 aliphatic carbocycles. The average Bonchev–Trinajstić information content (AvgIpc) is 3.19. The van der Waals surface area contributed by atoms with Gasteiger partial charge in [-0.05, 0) is 37.6 Å². The Kier molecular flexibility index (Phi) is 5.26. The predicted molar refractivity (Wildman–Crippen MR) is 110 cm³/mol. The molecule has 0 bridgehead atoms. The number of benzene rings is 2. The van der Waals surface area contributed by atoms with Crippen molar-refractivity contribution >= 4 is 22.6 Å². The third-order valence-electron chi connectivity index (χ3n) is 5.73. The van der Waals surface area contributed by atoms with Crippen LogP contribution in [-0.4, -0.2) is 41.7 Å². The van der Waals surface area contributed by atoms with Gasteiger partial charge in [0.25, 0.3) is 0 Å². The number of nitrogens with zero attached hydrogens (tertiary/aromatic N) is 1. The van der Waals surface area contributed by atoms with Gasteiger partial charge in [0.05, 0.1) is 6.04 Å². The fourth-order valence-corrected chi connectivity index (χ4v) is 4.21. The van der Waals surface area contributed by atoms with E-state index >= 15 is 0 Å². The van der Waals surface area contributed by atoms with Crippen LogP contribution in [0.15, 0.2) is 60.8 Å². The zero-order valence-corrected chi connectivity index (χ0v) is 16.0. The molecule has 2 N–H and O–H groups in total. The number of carbonyl (C=O) groups is 2. The van der Waals surface area contributed by atoms with Crippen molar-refractivity contribution in [3.63, 3.8) is 0 Å². The first-order chi connectivity index (χ1) is 13.7. The van der Waals surface area contributed by atoms with Gasteiger partial charge in [-0.1, -0.05) is 48.5 Å². The highest BCUT2D eigenvalue weighted by atomic mass is 16.2. The summed E-state index contributed by atoms with van der Waals surface area (Å²) in [7, 11) is 1.68. The number of likely N-dealkylation sites (tertiary alicyclic amines) is 1. The summed E-state index contributed by atoms with van der Waals surface area (Å²) in [6.07, 6.45) is 3.36. The molecule has 3 aromatic rings. The summed E-state index contributed by atoms with van der Waals surface area (Å²) in [4.78, 5) is 31.1. The number of rotatable bonds is 5. The van der Waals surface area contributed by atoms with Crippen LogP contribution in [0.2, 0.25) is 0 Å². The first-order valence-electron chi connectivity index (χ1n) is 9.80. The molecule has 5 nitrogen and oxygen atoms in total. The van der Waals surface area contributed by atoms with Gasteiger partial charge in [0.2, 0.25) is 5.91 Å². The first-order valence-corrected chi connectivity index (χ1v) is 9.80. The van der Waals surface area contributed by atoms with E-state index < -0.39 is 0 Å². The molecule has 28 heavy (non-hydrogen) atoms. The van der Waals surface area contributed by atoms with E-state index in [1.807, 2.05) is 60.8 Å². The number of carbonyl (C=O) groups excluding carboxylic acids is 2. The van der Waals surface area contributed by atoms with Gasteiger partial charge in [0.15, 0.2) is 5.78 Å². The molecule has 1 saturated heterocycles. The smallest absolute Gasteiger partial charge is 0.222 e. The minimum atomic E-state index is -0.342. The number of aromatic nitrogens is 1. The Morgan fingerprint density at radius 3 is 2.43 bits per heavy atom. The fraction of sp³-hybridized carbons (Fsp3) is 0.304. The first kappa shape index (κ1) is 18.4. The summed E-state index contributed by atoms with van der Waals surface area (Å²) in [5.74, 6) is 0.224. The molecule has 144 valence electrons. The minimum absolute atomic E-state index is 0.0286. The zero-order chi connectivity index (χ0) is 19.5. The fourth-order valence-electron chi connectivity index (χ4n) is 4.21. The maximum atomic E-state index is 13.7. The summed E-state index contributed by atoms with van der Waals surface area (Å²) in [5.41, 5.74) is 2.69. The number of aromatic amines is 1. The molecule has 1 unspecified atom stereocenters. The maximum absolute atomic E-state index is 13.7. The Morgan fingerprint density at radius 2 is 1.71 bits per heavy atom. The third-order valence-corrected chi connectivity index (χ3v) is 5.73. The lowest BCUT2D eigenvalue weighted by Gasteiger charge is -2.36. The minimum Gasteiger partial charge on any atom is -0.360 e. The lowest BCUT2D eigenvalue weighted by atomic mass is 9.90. The molecular formula is C23H25N3O2. The standard InChI is InChI=1S/C23H25N3O2/c1-24-23(28)17-11-13-26(14-12-17)21(16-7-3-2-4-8-16)22(27)19-15-25-20-10-6-5-9-18(19)20/h2-10,15,17,21,25H,11-14H2,1H3,(H,24,28). The van der Waals surface area contributed by atoms with Crippen molar-refractivity contribution in [1.82, 2.24) is 15.2 Å². The van der Waals surface area contributed by atoms with Gasteiger partial charge in [-0.25, -0.2) is 0 Å². The van der Waals surface area contributed by atoms with Crippen molar-refractivity contribution < 1.29 is 9.59 Å². The highest BCUT2D eigenvalue weighted by molar-refractivity contribution is 6.10. The number of hydrogen-bond acceptors (Lipinski definition) is 3. The molecular weight excluding hydrogens is 350 g/mol. The Balaban J connectivity index is 1.65. The average molecular weight is 375 g/mol. The molecule has 1 aliphatic rings. The van der Waals surface area contributed by atoms with E-state index in [4.69, 9.17) is 0 Å². The maximum Gasteiger partial charge on any atom is 0.222 e. The number of hydrogen-bond donors (Lipinski definition) is 2.